The zero-order valence-electron chi connectivity index (χ0n) is 23.2. The first-order valence-electron chi connectivity index (χ1n) is 12.9. The van der Waals surface area contributed by atoms with Gasteiger partial charge < -0.3 is 19.1 Å². The fourth-order valence-electron chi connectivity index (χ4n) is 4.46. The van der Waals surface area contributed by atoms with Gasteiger partial charge in [0.15, 0.2) is 0 Å². The molecule has 1 atom stereocenters. The van der Waals surface area contributed by atoms with E-state index in [2.05, 4.69) is 0 Å². The molecule has 0 bridgehead atoms. The zero-order chi connectivity index (χ0) is 29.3. The number of esters is 1. The Kier molecular flexibility index (Phi) is 8.28. The molecule has 0 aromatic heterocycles. The zero-order valence-corrected chi connectivity index (χ0v) is 24.9. The lowest BCUT2D eigenvalue weighted by Gasteiger charge is -2.34. The number of phenolic OH excluding ortho intramolecular Hbond substituents is 1. The molecule has 0 radical (unpaired) electrons. The standard InChI is InChI=1S/C31H34O7S2/c1-20-17-27(24(30(2,3)4)18-26(20)38-40(35,36)23-9-7-6-8-10-23)39-28-25(33)19-31(5,37-29(28)34)16-15-21-11-13-22(32)14-12-21/h6-14,17-18,32-33H,15-16,19H2,1-5H3. The van der Waals surface area contributed by atoms with Gasteiger partial charge in [-0.2, -0.15) is 8.42 Å². The fraction of sp³-hybridized carbons (Fsp3) is 0.323. The van der Waals surface area contributed by atoms with Crippen molar-refractivity contribution in [1.29, 1.82) is 0 Å². The second kappa shape index (κ2) is 11.2. The lowest BCUT2D eigenvalue weighted by Crippen LogP contribution is -2.37. The highest BCUT2D eigenvalue weighted by molar-refractivity contribution is 8.04. The number of phenols is 1. The van der Waals surface area contributed by atoms with Crippen LogP contribution in [-0.4, -0.2) is 30.2 Å². The minimum Gasteiger partial charge on any atom is -0.511 e. The topological polar surface area (TPSA) is 110 Å². The van der Waals surface area contributed by atoms with E-state index in [-0.39, 0.29) is 33.5 Å². The van der Waals surface area contributed by atoms with E-state index in [0.717, 1.165) is 22.9 Å². The molecular formula is C31H34O7S2. The Balaban J connectivity index is 1.59. The predicted molar refractivity (Wildman–Crippen MR) is 155 cm³/mol. The second-order valence-electron chi connectivity index (χ2n) is 11.3. The largest absolute Gasteiger partial charge is 0.511 e. The smallest absolute Gasteiger partial charge is 0.348 e. The molecule has 1 unspecified atom stereocenters. The molecule has 0 fully saturated rings. The van der Waals surface area contributed by atoms with Crippen molar-refractivity contribution in [2.24, 2.45) is 0 Å². The van der Waals surface area contributed by atoms with Crippen LogP contribution in [-0.2, 0) is 31.5 Å². The molecule has 0 saturated carbocycles. The first-order chi connectivity index (χ1) is 18.7. The second-order valence-corrected chi connectivity index (χ2v) is 13.9. The number of aliphatic hydroxyl groups is 1. The van der Waals surface area contributed by atoms with Crippen molar-refractivity contribution >= 4 is 27.8 Å². The summed E-state index contributed by atoms with van der Waals surface area (Å²) in [6.45, 7) is 9.47. The maximum absolute atomic E-state index is 13.1. The third kappa shape index (κ3) is 6.82. The van der Waals surface area contributed by atoms with Crippen molar-refractivity contribution in [2.45, 2.75) is 74.7 Å². The summed E-state index contributed by atoms with van der Waals surface area (Å²) in [5.74, 6) is -0.265. The number of thioether (sulfide) groups is 1. The van der Waals surface area contributed by atoms with Crippen LogP contribution in [0.1, 0.15) is 57.2 Å². The number of aryl methyl sites for hydroxylation is 2. The number of aromatic hydroxyl groups is 1. The number of aliphatic hydroxyl groups excluding tert-OH is 1. The number of carbonyl (C=O) groups excluding carboxylic acids is 1. The van der Waals surface area contributed by atoms with E-state index in [1.165, 1.54) is 12.1 Å². The molecule has 4 rings (SSSR count). The van der Waals surface area contributed by atoms with Crippen LogP contribution in [0.15, 0.2) is 87.2 Å². The molecule has 0 spiro atoms. The summed E-state index contributed by atoms with van der Waals surface area (Å²) in [5.41, 5.74) is 1.00. The Labute approximate surface area is 240 Å². The quantitative estimate of drug-likeness (QED) is 0.217. The van der Waals surface area contributed by atoms with E-state index >= 15 is 0 Å². The Morgan fingerprint density at radius 2 is 1.68 bits per heavy atom. The lowest BCUT2D eigenvalue weighted by atomic mass is 9.86. The molecular weight excluding hydrogens is 548 g/mol. The van der Waals surface area contributed by atoms with E-state index in [9.17, 15) is 23.4 Å². The van der Waals surface area contributed by atoms with E-state index in [4.69, 9.17) is 8.92 Å². The van der Waals surface area contributed by atoms with Crippen molar-refractivity contribution in [3.63, 3.8) is 0 Å². The number of rotatable bonds is 8. The summed E-state index contributed by atoms with van der Waals surface area (Å²) in [7, 11) is -4.04. The van der Waals surface area contributed by atoms with Crippen molar-refractivity contribution in [3.05, 3.63) is 94.1 Å². The number of benzene rings is 3. The van der Waals surface area contributed by atoms with Gasteiger partial charge in [-0.25, -0.2) is 4.79 Å². The van der Waals surface area contributed by atoms with Crippen LogP contribution in [0.25, 0.3) is 0 Å². The minimum absolute atomic E-state index is 0.0426. The van der Waals surface area contributed by atoms with Crippen LogP contribution in [0.2, 0.25) is 0 Å². The normalized spacial score (nSPS) is 18.0. The molecule has 1 aliphatic heterocycles. The molecule has 0 amide bonds. The Bertz CT molecular complexity index is 1540. The van der Waals surface area contributed by atoms with Gasteiger partial charge >= 0.3 is 16.1 Å². The summed E-state index contributed by atoms with van der Waals surface area (Å²) < 4.78 is 37.1. The van der Waals surface area contributed by atoms with Gasteiger partial charge in [-0.15, -0.1) is 0 Å². The highest BCUT2D eigenvalue weighted by Crippen LogP contribution is 2.44. The highest BCUT2D eigenvalue weighted by Gasteiger charge is 2.39. The molecule has 1 aliphatic rings. The number of carbonyl (C=O) groups is 1. The number of ether oxygens (including phenoxy) is 1. The van der Waals surface area contributed by atoms with Crippen molar-refractivity contribution < 1.29 is 32.3 Å². The Hall–Kier alpha value is -3.43. The molecule has 2 N–H and O–H groups in total. The average Bonchev–Trinajstić information content (AvgIpc) is 2.87. The molecule has 212 valence electrons. The van der Waals surface area contributed by atoms with Crippen LogP contribution in [0.3, 0.4) is 0 Å². The summed E-state index contributed by atoms with van der Waals surface area (Å²) in [6, 6.07) is 18.2. The summed E-state index contributed by atoms with van der Waals surface area (Å²) in [5, 5.41) is 20.5. The molecule has 9 heteroatoms. The first-order valence-corrected chi connectivity index (χ1v) is 15.2. The maximum atomic E-state index is 13.1. The van der Waals surface area contributed by atoms with Gasteiger partial charge in [-0.1, -0.05) is 62.9 Å². The Morgan fingerprint density at radius 1 is 1.02 bits per heavy atom. The van der Waals surface area contributed by atoms with Gasteiger partial charge in [0.1, 0.15) is 32.7 Å². The molecule has 1 heterocycles. The summed E-state index contributed by atoms with van der Waals surface area (Å²) >= 11 is 1.11. The molecule has 0 saturated heterocycles. The maximum Gasteiger partial charge on any atom is 0.348 e. The van der Waals surface area contributed by atoms with Gasteiger partial charge in [-0.3, -0.25) is 0 Å². The lowest BCUT2D eigenvalue weighted by molar-refractivity contribution is -0.156. The van der Waals surface area contributed by atoms with E-state index in [0.29, 0.717) is 23.3 Å². The van der Waals surface area contributed by atoms with Crippen LogP contribution < -0.4 is 4.18 Å². The number of cyclic esters (lactones) is 1. The number of hydrogen-bond donors (Lipinski definition) is 2. The molecule has 40 heavy (non-hydrogen) atoms. The number of hydrogen-bond acceptors (Lipinski definition) is 8. The van der Waals surface area contributed by atoms with Crippen molar-refractivity contribution in [2.75, 3.05) is 0 Å². The van der Waals surface area contributed by atoms with Crippen LogP contribution in [0, 0.1) is 6.92 Å². The summed E-state index contributed by atoms with van der Waals surface area (Å²) in [4.78, 5) is 14.0. The minimum atomic E-state index is -4.04. The van der Waals surface area contributed by atoms with E-state index in [1.807, 2.05) is 32.9 Å². The Morgan fingerprint density at radius 3 is 2.27 bits per heavy atom. The first kappa shape index (κ1) is 29.6. The van der Waals surface area contributed by atoms with Crippen LogP contribution in [0.5, 0.6) is 11.5 Å². The van der Waals surface area contributed by atoms with Crippen LogP contribution >= 0.6 is 11.8 Å². The highest BCUT2D eigenvalue weighted by atomic mass is 32.2. The van der Waals surface area contributed by atoms with Gasteiger partial charge in [0.2, 0.25) is 0 Å². The molecule has 3 aromatic carbocycles. The van der Waals surface area contributed by atoms with Gasteiger partial charge in [0, 0.05) is 11.3 Å². The van der Waals surface area contributed by atoms with Gasteiger partial charge in [-0.05, 0) is 85.2 Å². The van der Waals surface area contributed by atoms with Crippen molar-refractivity contribution in [1.82, 2.24) is 0 Å². The third-order valence-corrected chi connectivity index (χ3v) is 9.15. The average molecular weight is 583 g/mol. The van der Waals surface area contributed by atoms with Crippen LogP contribution in [0.4, 0.5) is 0 Å². The summed E-state index contributed by atoms with van der Waals surface area (Å²) in [6.07, 6.45) is 1.28. The van der Waals surface area contributed by atoms with E-state index < -0.39 is 27.1 Å². The third-order valence-electron chi connectivity index (χ3n) is 6.74. The van der Waals surface area contributed by atoms with Gasteiger partial charge in [0.05, 0.1) is 0 Å². The SMILES string of the molecule is Cc1cc(SC2=C(O)CC(C)(CCc3ccc(O)cc3)OC2=O)c(C(C)(C)C)cc1OS(=O)(=O)c1ccccc1. The fourth-order valence-corrected chi connectivity index (χ4v) is 6.70. The molecule has 7 nitrogen and oxygen atoms in total. The van der Waals surface area contributed by atoms with Gasteiger partial charge in [0.25, 0.3) is 0 Å². The van der Waals surface area contributed by atoms with Crippen molar-refractivity contribution in [3.8, 4) is 11.5 Å². The monoisotopic (exact) mass is 582 g/mol. The van der Waals surface area contributed by atoms with E-state index in [1.54, 1.807) is 56.3 Å². The predicted octanol–water partition coefficient (Wildman–Crippen LogP) is 6.97. The molecule has 0 aliphatic carbocycles. The molecule has 3 aromatic rings.